The molecule has 1 aromatic heterocycles. The van der Waals surface area contributed by atoms with Crippen molar-refractivity contribution in [3.8, 4) is 11.5 Å². The van der Waals surface area contributed by atoms with Crippen LogP contribution in [0.25, 0.3) is 0 Å². The first-order valence-corrected chi connectivity index (χ1v) is 15.1. The molecule has 0 spiro atoms. The number of esters is 2. The zero-order valence-electron chi connectivity index (χ0n) is 23.2. The van der Waals surface area contributed by atoms with E-state index in [9.17, 15) is 19.2 Å². The van der Waals surface area contributed by atoms with Crippen LogP contribution in [0.5, 0.6) is 11.5 Å². The van der Waals surface area contributed by atoms with Crippen LogP contribution in [0.15, 0.2) is 52.0 Å². The summed E-state index contributed by atoms with van der Waals surface area (Å²) in [6.45, 7) is 4.48. The molecule has 42 heavy (non-hydrogen) atoms. The molecule has 0 radical (unpaired) electrons. The van der Waals surface area contributed by atoms with E-state index in [4.69, 9.17) is 14.2 Å². The Morgan fingerprint density at radius 1 is 1.00 bits per heavy atom. The molecule has 0 unspecified atom stereocenters. The molecule has 0 aliphatic heterocycles. The summed E-state index contributed by atoms with van der Waals surface area (Å²) in [4.78, 5) is 51.6. The van der Waals surface area contributed by atoms with Gasteiger partial charge in [0.05, 0.1) is 30.6 Å². The van der Waals surface area contributed by atoms with Crippen LogP contribution < -0.4 is 20.2 Å². The molecule has 4 rings (SSSR count). The highest BCUT2D eigenvalue weighted by Crippen LogP contribution is 2.38. The molecule has 3 aromatic rings. The topological polar surface area (TPSA) is 132 Å². The SMILES string of the molecule is CCCOc1ccc(C(=O)Oc2ccc(Br)cc2/C=N\NC(=O)C(=O)Nc2sc3c(c2C(=O)OCC)CCCC3)cc1. The molecule has 2 N–H and O–H groups in total. The van der Waals surface area contributed by atoms with Crippen molar-refractivity contribution in [1.29, 1.82) is 0 Å². The van der Waals surface area contributed by atoms with Crippen LogP contribution in [-0.2, 0) is 27.2 Å². The monoisotopic (exact) mass is 655 g/mol. The second-order valence-electron chi connectivity index (χ2n) is 9.23. The summed E-state index contributed by atoms with van der Waals surface area (Å²) >= 11 is 4.65. The van der Waals surface area contributed by atoms with E-state index < -0.39 is 23.8 Å². The van der Waals surface area contributed by atoms with Crippen molar-refractivity contribution >= 4 is 62.2 Å². The number of hydrogen-bond donors (Lipinski definition) is 2. The number of rotatable bonds is 10. The van der Waals surface area contributed by atoms with Crippen LogP contribution in [-0.4, -0.2) is 43.2 Å². The zero-order chi connectivity index (χ0) is 30.1. The number of halogens is 1. The van der Waals surface area contributed by atoms with Gasteiger partial charge in [0.1, 0.15) is 16.5 Å². The van der Waals surface area contributed by atoms with Crippen molar-refractivity contribution in [3.05, 3.63) is 74.1 Å². The first-order chi connectivity index (χ1) is 20.3. The van der Waals surface area contributed by atoms with Gasteiger partial charge in [-0.3, -0.25) is 9.59 Å². The number of aryl methyl sites for hydroxylation is 1. The van der Waals surface area contributed by atoms with E-state index in [1.807, 2.05) is 6.92 Å². The minimum atomic E-state index is -1.04. The third kappa shape index (κ3) is 7.83. The number of hydrazone groups is 1. The minimum absolute atomic E-state index is 0.194. The van der Waals surface area contributed by atoms with Crippen molar-refractivity contribution in [2.75, 3.05) is 18.5 Å². The van der Waals surface area contributed by atoms with E-state index in [0.29, 0.717) is 39.9 Å². The average molecular weight is 657 g/mol. The number of nitrogens with zero attached hydrogens (tertiary/aromatic N) is 1. The maximum absolute atomic E-state index is 12.7. The van der Waals surface area contributed by atoms with Gasteiger partial charge in [-0.2, -0.15) is 5.10 Å². The lowest BCUT2D eigenvalue weighted by Gasteiger charge is -2.12. The molecule has 0 saturated heterocycles. The summed E-state index contributed by atoms with van der Waals surface area (Å²) in [5, 5.41) is 6.71. The molecule has 0 atom stereocenters. The quantitative estimate of drug-likeness (QED) is 0.0946. The third-order valence-electron chi connectivity index (χ3n) is 6.19. The predicted molar refractivity (Wildman–Crippen MR) is 163 cm³/mol. The van der Waals surface area contributed by atoms with Gasteiger partial charge in [0.2, 0.25) is 0 Å². The second-order valence-corrected chi connectivity index (χ2v) is 11.3. The second kappa shape index (κ2) is 14.7. The van der Waals surface area contributed by atoms with Crippen LogP contribution in [0.2, 0.25) is 0 Å². The van der Waals surface area contributed by atoms with Crippen molar-refractivity contribution in [2.45, 2.75) is 46.0 Å². The van der Waals surface area contributed by atoms with Crippen LogP contribution in [0.4, 0.5) is 5.00 Å². The first-order valence-electron chi connectivity index (χ1n) is 13.5. The number of carbonyl (C=O) groups is 4. The predicted octanol–water partition coefficient (Wildman–Crippen LogP) is 5.66. The first kappa shape index (κ1) is 30.9. The Bertz CT molecular complexity index is 1500. The Morgan fingerprint density at radius 2 is 1.76 bits per heavy atom. The van der Waals surface area contributed by atoms with E-state index >= 15 is 0 Å². The van der Waals surface area contributed by atoms with Crippen molar-refractivity contribution in [1.82, 2.24) is 5.43 Å². The maximum Gasteiger partial charge on any atom is 0.343 e. The number of thiophene rings is 1. The van der Waals surface area contributed by atoms with E-state index in [2.05, 4.69) is 31.8 Å². The maximum atomic E-state index is 12.7. The molecule has 220 valence electrons. The van der Waals surface area contributed by atoms with Gasteiger partial charge >= 0.3 is 23.8 Å². The zero-order valence-corrected chi connectivity index (χ0v) is 25.6. The standard InChI is InChI=1S/C30H30BrN3O7S/c1-3-15-40-21-12-9-18(10-13-21)29(37)41-23-14-11-20(31)16-19(23)17-32-34-27(36)26(35)33-28-25(30(38)39-4-2)22-7-5-6-8-24(22)42-28/h9-14,16-17H,3-8,15H2,1-2H3,(H,33,35)(H,34,36)/b32-17-. The van der Waals surface area contributed by atoms with Crippen molar-refractivity contribution in [3.63, 3.8) is 0 Å². The molecule has 0 saturated carbocycles. The number of amides is 2. The molecule has 12 heteroatoms. The fourth-order valence-corrected chi connectivity index (χ4v) is 5.87. The molecular formula is C30H30BrN3O7S. The molecule has 0 fully saturated rings. The molecule has 1 heterocycles. The lowest BCUT2D eigenvalue weighted by molar-refractivity contribution is -0.136. The summed E-state index contributed by atoms with van der Waals surface area (Å²) < 4.78 is 17.0. The van der Waals surface area contributed by atoms with Gasteiger partial charge in [0.25, 0.3) is 0 Å². The van der Waals surface area contributed by atoms with Crippen LogP contribution in [0, 0.1) is 0 Å². The van der Waals surface area contributed by atoms with Gasteiger partial charge in [0, 0.05) is 14.9 Å². The number of carbonyl (C=O) groups excluding carboxylic acids is 4. The number of benzene rings is 2. The smallest absolute Gasteiger partial charge is 0.343 e. The van der Waals surface area contributed by atoms with Gasteiger partial charge in [-0.05, 0) is 87.1 Å². The fourth-order valence-electron chi connectivity index (χ4n) is 4.22. The largest absolute Gasteiger partial charge is 0.494 e. The minimum Gasteiger partial charge on any atom is -0.494 e. The Hall–Kier alpha value is -4.03. The van der Waals surface area contributed by atoms with Gasteiger partial charge in [-0.1, -0.05) is 22.9 Å². The molecule has 2 amide bonds. The Morgan fingerprint density at radius 3 is 2.50 bits per heavy atom. The van der Waals surface area contributed by atoms with Gasteiger partial charge in [-0.25, -0.2) is 15.0 Å². The summed E-state index contributed by atoms with van der Waals surface area (Å²) in [5.74, 6) is -2.29. The highest BCUT2D eigenvalue weighted by atomic mass is 79.9. The number of hydrogen-bond acceptors (Lipinski definition) is 9. The van der Waals surface area contributed by atoms with E-state index in [1.54, 1.807) is 49.4 Å². The molecule has 1 aliphatic rings. The van der Waals surface area contributed by atoms with Gasteiger partial charge in [0.15, 0.2) is 0 Å². The average Bonchev–Trinajstić information content (AvgIpc) is 3.35. The van der Waals surface area contributed by atoms with Crippen LogP contribution >= 0.6 is 27.3 Å². The molecule has 0 bridgehead atoms. The van der Waals surface area contributed by atoms with Gasteiger partial charge in [-0.15, -0.1) is 11.3 Å². The normalized spacial score (nSPS) is 12.4. The summed E-state index contributed by atoms with van der Waals surface area (Å²) in [7, 11) is 0. The third-order valence-corrected chi connectivity index (χ3v) is 7.89. The van der Waals surface area contributed by atoms with Crippen LogP contribution in [0.3, 0.4) is 0 Å². The van der Waals surface area contributed by atoms with Crippen molar-refractivity contribution < 1.29 is 33.4 Å². The summed E-state index contributed by atoms with van der Waals surface area (Å²) in [6, 6.07) is 11.5. The molecule has 1 aliphatic carbocycles. The Kier molecular flexibility index (Phi) is 10.8. The number of fused-ring (bicyclic) bond motifs is 1. The summed E-state index contributed by atoms with van der Waals surface area (Å²) in [5.41, 5.74) is 4.06. The lowest BCUT2D eigenvalue weighted by atomic mass is 9.95. The summed E-state index contributed by atoms with van der Waals surface area (Å²) in [6.07, 6.45) is 5.57. The lowest BCUT2D eigenvalue weighted by Crippen LogP contribution is -2.32. The number of anilines is 1. The van der Waals surface area contributed by atoms with Crippen molar-refractivity contribution in [2.24, 2.45) is 5.10 Å². The fraction of sp³-hybridized carbons (Fsp3) is 0.300. The molecule has 2 aromatic carbocycles. The van der Waals surface area contributed by atoms with E-state index in [-0.39, 0.29) is 17.4 Å². The molecular weight excluding hydrogens is 626 g/mol. The Labute approximate surface area is 255 Å². The van der Waals surface area contributed by atoms with E-state index in [1.165, 1.54) is 17.6 Å². The highest BCUT2D eigenvalue weighted by molar-refractivity contribution is 9.10. The highest BCUT2D eigenvalue weighted by Gasteiger charge is 2.28. The number of nitrogens with one attached hydrogen (secondary N) is 2. The number of ether oxygens (including phenoxy) is 3. The van der Waals surface area contributed by atoms with Crippen LogP contribution in [0.1, 0.15) is 69.8 Å². The Balaban J connectivity index is 1.41. The van der Waals surface area contributed by atoms with E-state index in [0.717, 1.165) is 36.1 Å². The van der Waals surface area contributed by atoms with Gasteiger partial charge < -0.3 is 19.5 Å². The molecule has 10 nitrogen and oxygen atoms in total.